The van der Waals surface area contributed by atoms with E-state index in [-0.39, 0.29) is 29.6 Å². The van der Waals surface area contributed by atoms with Crippen molar-refractivity contribution in [3.8, 4) is 0 Å². The Morgan fingerprint density at radius 2 is 2.20 bits per heavy atom. The highest BCUT2D eigenvalue weighted by atomic mass is 127. The van der Waals surface area contributed by atoms with Gasteiger partial charge in [-0.25, -0.2) is 9.79 Å². The van der Waals surface area contributed by atoms with Crippen LogP contribution in [0.5, 0.6) is 0 Å². The van der Waals surface area contributed by atoms with Crippen LogP contribution >= 0.6 is 24.0 Å². The smallest absolute Gasteiger partial charge is 0.341 e. The molecule has 0 spiro atoms. The van der Waals surface area contributed by atoms with Crippen molar-refractivity contribution >= 4 is 35.9 Å². The highest BCUT2D eigenvalue weighted by Gasteiger charge is 2.29. The van der Waals surface area contributed by atoms with Gasteiger partial charge in [-0.1, -0.05) is 0 Å². The van der Waals surface area contributed by atoms with Crippen LogP contribution in [-0.4, -0.2) is 44.3 Å². The Morgan fingerprint density at radius 3 is 2.80 bits per heavy atom. The van der Waals surface area contributed by atoms with Crippen molar-refractivity contribution < 1.29 is 18.7 Å². The van der Waals surface area contributed by atoms with Crippen molar-refractivity contribution in [1.82, 2.24) is 10.6 Å². The molecule has 2 N–H and O–H groups in total. The average molecular weight is 465 g/mol. The molecule has 1 atom stereocenters. The number of hydrogen-bond acceptors (Lipinski definition) is 5. The number of ether oxygens (including phenoxy) is 2. The molecule has 1 unspecified atom stereocenters. The highest BCUT2D eigenvalue weighted by Crippen LogP contribution is 2.23. The first-order valence-corrected chi connectivity index (χ1v) is 8.31. The molecule has 2 rings (SSSR count). The number of guanidine groups is 1. The predicted molar refractivity (Wildman–Crippen MR) is 107 cm³/mol. The summed E-state index contributed by atoms with van der Waals surface area (Å²) in [6.45, 7) is 8.46. The predicted octanol–water partition coefficient (Wildman–Crippen LogP) is 2.62. The molecule has 1 aliphatic heterocycles. The van der Waals surface area contributed by atoms with E-state index in [9.17, 15) is 4.79 Å². The molecule has 2 heterocycles. The number of esters is 1. The Morgan fingerprint density at radius 1 is 1.44 bits per heavy atom. The second kappa shape index (κ2) is 10.0. The lowest BCUT2D eigenvalue weighted by atomic mass is 10.0. The molecule has 0 aliphatic carbocycles. The minimum atomic E-state index is -0.400. The number of carbonyl (C=O) groups excluding carboxylic acids is 1. The Hall–Kier alpha value is -1.29. The van der Waals surface area contributed by atoms with Gasteiger partial charge < -0.3 is 24.5 Å². The summed E-state index contributed by atoms with van der Waals surface area (Å²) >= 11 is 0. The first-order valence-electron chi connectivity index (χ1n) is 8.31. The van der Waals surface area contributed by atoms with Gasteiger partial charge in [-0.05, 0) is 39.7 Å². The Labute approximate surface area is 165 Å². The third-order valence-electron chi connectivity index (χ3n) is 4.04. The summed E-state index contributed by atoms with van der Waals surface area (Å²) in [5.41, 5.74) is 0.294. The normalized spacial score (nSPS) is 20.1. The third-order valence-corrected chi connectivity index (χ3v) is 4.04. The molecule has 25 heavy (non-hydrogen) atoms. The Balaban J connectivity index is 0.00000312. The molecule has 0 aromatic carbocycles. The number of aliphatic imine (C=N–C) groups is 1. The maximum Gasteiger partial charge on any atom is 0.341 e. The van der Waals surface area contributed by atoms with Gasteiger partial charge in [0.05, 0.1) is 12.7 Å². The number of nitrogens with zero attached hydrogens (tertiary/aromatic N) is 1. The molecular formula is C17H28IN3O4. The maximum absolute atomic E-state index is 11.6. The lowest BCUT2D eigenvalue weighted by molar-refractivity contribution is 0.0242. The molecule has 1 aliphatic rings. The van der Waals surface area contributed by atoms with E-state index in [1.807, 2.05) is 6.92 Å². The fourth-order valence-electron chi connectivity index (χ4n) is 2.68. The molecule has 1 saturated heterocycles. The zero-order valence-corrected chi connectivity index (χ0v) is 17.6. The van der Waals surface area contributed by atoms with Gasteiger partial charge in [-0.3, -0.25) is 0 Å². The van der Waals surface area contributed by atoms with Crippen LogP contribution in [0.4, 0.5) is 0 Å². The number of halogens is 1. The summed E-state index contributed by atoms with van der Waals surface area (Å²) in [6.07, 6.45) is 2.13. The van der Waals surface area contributed by atoms with E-state index < -0.39 is 5.97 Å². The van der Waals surface area contributed by atoms with Crippen molar-refractivity contribution in [3.05, 3.63) is 23.2 Å². The molecule has 142 valence electrons. The van der Waals surface area contributed by atoms with Crippen LogP contribution in [0.3, 0.4) is 0 Å². The largest absolute Gasteiger partial charge is 0.465 e. The van der Waals surface area contributed by atoms with Crippen LogP contribution in [0.25, 0.3) is 0 Å². The number of furan rings is 1. The lowest BCUT2D eigenvalue weighted by Gasteiger charge is -2.24. The first-order chi connectivity index (χ1) is 11.5. The van der Waals surface area contributed by atoms with Crippen molar-refractivity contribution in [3.63, 3.8) is 0 Å². The summed E-state index contributed by atoms with van der Waals surface area (Å²) in [7, 11) is 1.35. The topological polar surface area (TPSA) is 85.1 Å². The molecule has 1 aromatic heterocycles. The minimum Gasteiger partial charge on any atom is -0.465 e. The first kappa shape index (κ1) is 21.8. The molecule has 0 radical (unpaired) electrons. The molecule has 0 amide bonds. The van der Waals surface area contributed by atoms with Crippen molar-refractivity contribution in [1.29, 1.82) is 0 Å². The van der Waals surface area contributed by atoms with Gasteiger partial charge in [-0.2, -0.15) is 0 Å². The average Bonchev–Trinajstić information content (AvgIpc) is 3.16. The van der Waals surface area contributed by atoms with E-state index in [4.69, 9.17) is 13.9 Å². The van der Waals surface area contributed by atoms with E-state index >= 15 is 0 Å². The van der Waals surface area contributed by atoms with Crippen LogP contribution in [0, 0.1) is 6.92 Å². The lowest BCUT2D eigenvalue weighted by Crippen LogP contribution is -2.45. The van der Waals surface area contributed by atoms with Gasteiger partial charge in [0.15, 0.2) is 5.96 Å². The number of nitrogens with one attached hydrogen (secondary N) is 2. The Kier molecular flexibility index (Phi) is 8.70. The number of methoxy groups -OCH3 is 1. The summed E-state index contributed by atoms with van der Waals surface area (Å²) in [5.74, 6) is 1.45. The van der Waals surface area contributed by atoms with Crippen molar-refractivity contribution in [2.45, 2.75) is 45.8 Å². The van der Waals surface area contributed by atoms with E-state index in [1.165, 1.54) is 7.11 Å². The van der Waals surface area contributed by atoms with E-state index in [1.54, 1.807) is 13.0 Å². The minimum absolute atomic E-state index is 0. The molecular weight excluding hydrogens is 437 g/mol. The summed E-state index contributed by atoms with van der Waals surface area (Å²) < 4.78 is 16.1. The highest BCUT2D eigenvalue weighted by molar-refractivity contribution is 14.0. The van der Waals surface area contributed by atoms with Crippen molar-refractivity contribution in [2.75, 3.05) is 26.8 Å². The van der Waals surface area contributed by atoms with Gasteiger partial charge >= 0.3 is 5.97 Å². The van der Waals surface area contributed by atoms with Gasteiger partial charge in [-0.15, -0.1) is 24.0 Å². The quantitative estimate of drug-likeness (QED) is 0.291. The fraction of sp³-hybridized carbons (Fsp3) is 0.647. The molecule has 0 bridgehead atoms. The zero-order chi connectivity index (χ0) is 17.6. The summed E-state index contributed by atoms with van der Waals surface area (Å²) in [4.78, 5) is 16.1. The van der Waals surface area contributed by atoms with Crippen LogP contribution in [0.2, 0.25) is 0 Å². The van der Waals surface area contributed by atoms with Crippen LogP contribution in [0.15, 0.2) is 15.5 Å². The fourth-order valence-corrected chi connectivity index (χ4v) is 2.68. The van der Waals surface area contributed by atoms with Crippen LogP contribution < -0.4 is 10.6 Å². The Bertz CT molecular complexity index is 595. The standard InChI is InChI=1S/C17H27N3O4.HI/c1-5-18-16(20-11-17(3)7-6-8-23-17)19-10-13-9-14(12(2)24-13)15(21)22-4;/h9H,5-8,10-11H2,1-4H3,(H2,18,19,20);1H. The molecule has 1 aromatic rings. The van der Waals surface area contributed by atoms with Crippen LogP contribution in [0.1, 0.15) is 48.6 Å². The number of carbonyl (C=O) groups is 1. The van der Waals surface area contributed by atoms with E-state index in [0.29, 0.717) is 36.1 Å². The maximum atomic E-state index is 11.6. The van der Waals surface area contributed by atoms with E-state index in [2.05, 4.69) is 22.5 Å². The zero-order valence-electron chi connectivity index (χ0n) is 15.3. The molecule has 1 fully saturated rings. The van der Waals surface area contributed by atoms with Gasteiger partial charge in [0.25, 0.3) is 0 Å². The second-order valence-electron chi connectivity index (χ2n) is 6.12. The van der Waals surface area contributed by atoms with Gasteiger partial charge in [0, 0.05) is 19.7 Å². The molecule has 7 nitrogen and oxygen atoms in total. The molecule has 0 saturated carbocycles. The number of hydrogen-bond donors (Lipinski definition) is 2. The van der Waals surface area contributed by atoms with Gasteiger partial charge in [0.2, 0.25) is 0 Å². The number of rotatable bonds is 6. The summed E-state index contributed by atoms with van der Waals surface area (Å²) in [5, 5.41) is 6.51. The van der Waals surface area contributed by atoms with Crippen LogP contribution in [-0.2, 0) is 16.0 Å². The monoisotopic (exact) mass is 465 g/mol. The van der Waals surface area contributed by atoms with Gasteiger partial charge in [0.1, 0.15) is 23.6 Å². The third kappa shape index (κ3) is 6.18. The van der Waals surface area contributed by atoms with Crippen molar-refractivity contribution in [2.24, 2.45) is 4.99 Å². The SMILES string of the molecule is CCNC(=NCc1cc(C(=O)OC)c(C)o1)NCC1(C)CCCO1.I. The number of aryl methyl sites for hydroxylation is 1. The second-order valence-corrected chi connectivity index (χ2v) is 6.12. The molecule has 8 heteroatoms. The summed E-state index contributed by atoms with van der Waals surface area (Å²) in [6, 6.07) is 1.68. The van der Waals surface area contributed by atoms with E-state index in [0.717, 1.165) is 26.0 Å².